The van der Waals surface area contributed by atoms with Gasteiger partial charge in [0, 0.05) is 77.2 Å². The molecule has 370 valence electrons. The van der Waals surface area contributed by atoms with Crippen molar-refractivity contribution in [2.24, 2.45) is 0 Å². The molecule has 0 aliphatic rings. The molecule has 0 fully saturated rings. The second kappa shape index (κ2) is 16.9. The largest absolute Gasteiger partial charge is 0.456 e. The number of para-hydroxylation sites is 8. The Labute approximate surface area is 451 Å². The first kappa shape index (κ1) is 43.5. The fourth-order valence-electron chi connectivity index (χ4n) is 12.7. The first-order valence-corrected chi connectivity index (χ1v) is 26.7. The molecule has 0 aliphatic heterocycles. The molecule has 79 heavy (non-hydrogen) atoms. The van der Waals surface area contributed by atoms with Crippen LogP contribution in [0.2, 0.25) is 0 Å². The Morgan fingerprint density at radius 1 is 0.253 bits per heavy atom. The molecule has 0 N–H and O–H groups in total. The highest BCUT2D eigenvalue weighted by molar-refractivity contribution is 6.33. The number of furan rings is 3. The molecular formula is C72H44N4O3. The lowest BCUT2D eigenvalue weighted by molar-refractivity contribution is 0.668. The van der Waals surface area contributed by atoms with Crippen molar-refractivity contribution in [1.82, 2.24) is 9.13 Å². The summed E-state index contributed by atoms with van der Waals surface area (Å²) in [5, 5.41) is 10.5. The molecule has 17 rings (SSSR count). The zero-order valence-electron chi connectivity index (χ0n) is 42.4. The van der Waals surface area contributed by atoms with Crippen LogP contribution in [-0.4, -0.2) is 9.13 Å². The van der Waals surface area contributed by atoms with Crippen molar-refractivity contribution in [1.29, 1.82) is 0 Å². The van der Waals surface area contributed by atoms with Crippen LogP contribution in [0.25, 0.3) is 121 Å². The lowest BCUT2D eigenvalue weighted by atomic mass is 10.0. The van der Waals surface area contributed by atoms with Crippen LogP contribution in [0.4, 0.5) is 34.1 Å². The standard InChI is InChI=1S/C72H44N4O3/c1-5-21-45(22-6-1)73(46-23-7-2-8-24-46)61-43-57-58-44-62(74(47-25-9-3-10-26-47)48-27-11-4-12-28-48)70-68(54-32-14-18-34-60(54)76(70)50-38-40-66-56(42-50)52-30-16-20-36-64(52)78-66)72(58)79-71(57)67-53-31-13-17-33-59(53)75(69(61)67)49-37-39-65-55(41-49)51-29-15-19-35-63(51)77-65/h1-44H. The molecule has 12 aromatic carbocycles. The summed E-state index contributed by atoms with van der Waals surface area (Å²) in [6, 6.07) is 95.0. The van der Waals surface area contributed by atoms with E-state index in [-0.39, 0.29) is 0 Å². The minimum Gasteiger partial charge on any atom is -0.456 e. The van der Waals surface area contributed by atoms with Gasteiger partial charge in [0.2, 0.25) is 0 Å². The summed E-state index contributed by atoms with van der Waals surface area (Å²) >= 11 is 0. The SMILES string of the molecule is c1ccc(N(c2ccccc2)c2cc3c4cc(N(c5ccccc5)c5ccccc5)c5c(c6ccccc6n5-c5ccc6oc7ccccc7c6c5)c4oc3c3c4ccccc4n(-c4ccc5oc6ccccc6c5c4)c23)cc1. The normalized spacial score (nSPS) is 12.1. The predicted molar refractivity (Wildman–Crippen MR) is 326 cm³/mol. The van der Waals surface area contributed by atoms with E-state index in [0.717, 1.165) is 155 Å². The van der Waals surface area contributed by atoms with Crippen LogP contribution in [-0.2, 0) is 0 Å². The van der Waals surface area contributed by atoms with Gasteiger partial charge in [0.05, 0.1) is 44.2 Å². The zero-order chi connectivity index (χ0) is 51.7. The number of aromatic nitrogens is 2. The van der Waals surface area contributed by atoms with E-state index in [0.29, 0.717) is 0 Å². The van der Waals surface area contributed by atoms with E-state index in [4.69, 9.17) is 13.3 Å². The van der Waals surface area contributed by atoms with Crippen molar-refractivity contribution < 1.29 is 13.3 Å². The zero-order valence-corrected chi connectivity index (χ0v) is 42.4. The topological polar surface area (TPSA) is 55.8 Å². The Bertz CT molecular complexity index is 4850. The van der Waals surface area contributed by atoms with Crippen LogP contribution in [0.3, 0.4) is 0 Å². The number of hydrogen-bond acceptors (Lipinski definition) is 5. The molecule has 0 spiro atoms. The highest BCUT2D eigenvalue weighted by atomic mass is 16.3. The monoisotopic (exact) mass is 1010 g/mol. The van der Waals surface area contributed by atoms with Crippen molar-refractivity contribution in [2.45, 2.75) is 0 Å². The molecule has 7 heteroatoms. The van der Waals surface area contributed by atoms with Crippen molar-refractivity contribution in [3.63, 3.8) is 0 Å². The highest BCUT2D eigenvalue weighted by Gasteiger charge is 2.31. The lowest BCUT2D eigenvalue weighted by Crippen LogP contribution is -2.12. The molecule has 5 aromatic heterocycles. The Morgan fingerprint density at radius 2 is 0.582 bits per heavy atom. The van der Waals surface area contributed by atoms with Crippen molar-refractivity contribution in [3.05, 3.63) is 267 Å². The maximum absolute atomic E-state index is 7.82. The van der Waals surface area contributed by atoms with E-state index in [1.165, 1.54) is 0 Å². The number of nitrogens with zero attached hydrogens (tertiary/aromatic N) is 4. The van der Waals surface area contributed by atoms with Gasteiger partial charge in [-0.2, -0.15) is 0 Å². The molecule has 0 saturated carbocycles. The second-order valence-corrected chi connectivity index (χ2v) is 20.4. The summed E-state index contributed by atoms with van der Waals surface area (Å²) in [4.78, 5) is 4.81. The van der Waals surface area contributed by atoms with Gasteiger partial charge in [-0.15, -0.1) is 0 Å². The van der Waals surface area contributed by atoms with Crippen LogP contribution in [0.15, 0.2) is 280 Å². The van der Waals surface area contributed by atoms with Gasteiger partial charge in [-0.3, -0.25) is 0 Å². The maximum Gasteiger partial charge on any atom is 0.145 e. The molecule has 0 aliphatic carbocycles. The number of fused-ring (bicyclic) bond motifs is 17. The summed E-state index contributed by atoms with van der Waals surface area (Å²) in [6.45, 7) is 0. The lowest BCUT2D eigenvalue weighted by Gasteiger charge is -2.27. The average Bonchev–Trinajstić information content (AvgIpc) is 4.52. The van der Waals surface area contributed by atoms with Gasteiger partial charge in [-0.25, -0.2) is 0 Å². The van der Waals surface area contributed by atoms with E-state index in [2.05, 4.69) is 262 Å². The number of hydrogen-bond donors (Lipinski definition) is 0. The number of benzene rings is 12. The van der Waals surface area contributed by atoms with Gasteiger partial charge >= 0.3 is 0 Å². The first-order valence-electron chi connectivity index (χ1n) is 26.7. The second-order valence-electron chi connectivity index (χ2n) is 20.4. The van der Waals surface area contributed by atoms with E-state index >= 15 is 0 Å². The summed E-state index contributed by atoms with van der Waals surface area (Å²) < 4.78 is 25.6. The third-order valence-electron chi connectivity index (χ3n) is 16.0. The fraction of sp³-hybridized carbons (Fsp3) is 0. The molecule has 0 atom stereocenters. The van der Waals surface area contributed by atoms with Gasteiger partial charge in [0.1, 0.15) is 33.5 Å². The minimum atomic E-state index is 0.812. The van der Waals surface area contributed by atoms with E-state index in [1.54, 1.807) is 0 Å². The van der Waals surface area contributed by atoms with Crippen molar-refractivity contribution in [3.8, 4) is 11.4 Å². The van der Waals surface area contributed by atoms with Gasteiger partial charge in [0.25, 0.3) is 0 Å². The molecular weight excluding hydrogens is 969 g/mol. The third-order valence-corrected chi connectivity index (χ3v) is 16.0. The minimum absolute atomic E-state index is 0.812. The molecule has 0 unspecified atom stereocenters. The van der Waals surface area contributed by atoms with E-state index in [1.807, 2.05) is 24.3 Å². The molecule has 0 radical (unpaired) electrons. The maximum atomic E-state index is 7.82. The summed E-state index contributed by atoms with van der Waals surface area (Å²) in [7, 11) is 0. The molecule has 7 nitrogen and oxygen atoms in total. The molecule has 17 aromatic rings. The summed E-state index contributed by atoms with van der Waals surface area (Å²) in [6.07, 6.45) is 0. The molecule has 0 bridgehead atoms. The molecule has 0 amide bonds. The van der Waals surface area contributed by atoms with Crippen LogP contribution >= 0.6 is 0 Å². The van der Waals surface area contributed by atoms with E-state index in [9.17, 15) is 0 Å². The van der Waals surface area contributed by atoms with Crippen LogP contribution < -0.4 is 9.80 Å². The van der Waals surface area contributed by atoms with Crippen LogP contribution in [0, 0.1) is 0 Å². The number of rotatable bonds is 8. The molecule has 5 heterocycles. The highest BCUT2D eigenvalue weighted by Crippen LogP contribution is 2.53. The third kappa shape index (κ3) is 6.41. The van der Waals surface area contributed by atoms with Gasteiger partial charge in [-0.05, 0) is 121 Å². The van der Waals surface area contributed by atoms with Crippen molar-refractivity contribution >= 4 is 144 Å². The summed E-state index contributed by atoms with van der Waals surface area (Å²) in [5.74, 6) is 0. The van der Waals surface area contributed by atoms with Gasteiger partial charge in [0.15, 0.2) is 0 Å². The smallest absolute Gasteiger partial charge is 0.145 e. The average molecular weight is 1010 g/mol. The van der Waals surface area contributed by atoms with Crippen molar-refractivity contribution in [2.75, 3.05) is 9.80 Å². The Morgan fingerprint density at radius 3 is 0.975 bits per heavy atom. The first-order chi connectivity index (χ1) is 39.2. The number of anilines is 6. The summed E-state index contributed by atoms with van der Waals surface area (Å²) in [5.41, 5.74) is 17.3. The van der Waals surface area contributed by atoms with Crippen LogP contribution in [0.5, 0.6) is 0 Å². The van der Waals surface area contributed by atoms with Gasteiger partial charge < -0.3 is 32.2 Å². The van der Waals surface area contributed by atoms with Crippen LogP contribution in [0.1, 0.15) is 0 Å². The Balaban J connectivity index is 1.07. The predicted octanol–water partition coefficient (Wildman–Crippen LogP) is 20.5. The van der Waals surface area contributed by atoms with Gasteiger partial charge in [-0.1, -0.05) is 146 Å². The molecule has 0 saturated heterocycles. The fourth-order valence-corrected chi connectivity index (χ4v) is 12.7. The quantitative estimate of drug-likeness (QED) is 0.152. The Hall–Kier alpha value is -10.8. The van der Waals surface area contributed by atoms with E-state index < -0.39 is 0 Å². The Kier molecular flexibility index (Phi) is 9.28.